The minimum Gasteiger partial charge on any atom is -0.357 e. The minimum absolute atomic E-state index is 0.279. The predicted octanol–water partition coefficient (Wildman–Crippen LogP) is 0.480. The summed E-state index contributed by atoms with van der Waals surface area (Å²) in [4.78, 5) is 22.9. The molecular weight excluding hydrogens is 204 g/mol. The molecule has 4 heteroatoms. The summed E-state index contributed by atoms with van der Waals surface area (Å²) in [5.74, 6) is -0.758. The molecule has 4 nitrogen and oxygen atoms in total. The first-order chi connectivity index (χ1) is 8.06. The van der Waals surface area contributed by atoms with Crippen molar-refractivity contribution in [1.82, 2.24) is 10.6 Å². The molecular formula is C12H16N2O2. The molecule has 0 aliphatic heterocycles. The predicted molar refractivity (Wildman–Crippen MR) is 61.8 cm³/mol. The van der Waals surface area contributed by atoms with Gasteiger partial charge in [-0.1, -0.05) is 30.3 Å². The number of likely N-dealkylation sites (N-methyl/N-ethyl adjacent to an activating group) is 1. The van der Waals surface area contributed by atoms with Crippen molar-refractivity contribution in [2.75, 3.05) is 7.05 Å². The third-order valence-corrected chi connectivity index (χ3v) is 2.10. The monoisotopic (exact) mass is 221 g/mol. The molecule has 2 amide bonds. The average molecular weight is 221 g/mol. The van der Waals surface area contributed by atoms with Crippen LogP contribution >= 0.6 is 0 Å². The van der Waals surface area contributed by atoms with Crippen LogP contribution in [-0.4, -0.2) is 24.9 Å². The Labute approximate surface area is 96.4 Å². The van der Waals surface area contributed by atoms with Gasteiger partial charge < -0.3 is 10.6 Å². The zero-order valence-electron chi connectivity index (χ0n) is 10.4. The van der Waals surface area contributed by atoms with Gasteiger partial charge in [-0.15, -0.1) is 0 Å². The quantitative estimate of drug-likeness (QED) is 0.777. The summed E-state index contributed by atoms with van der Waals surface area (Å²) in [6.07, 6.45) is -1.01. The molecule has 1 aromatic carbocycles. The Bertz CT molecular complexity index is 395. The Balaban J connectivity index is 2.62. The van der Waals surface area contributed by atoms with Gasteiger partial charge in [-0.2, -0.15) is 0 Å². The van der Waals surface area contributed by atoms with Gasteiger partial charge >= 0.3 is 0 Å². The minimum atomic E-state index is -1.01. The van der Waals surface area contributed by atoms with E-state index in [4.69, 9.17) is 1.37 Å². The molecule has 0 radical (unpaired) electrons. The highest BCUT2D eigenvalue weighted by atomic mass is 16.2. The summed E-state index contributed by atoms with van der Waals surface area (Å²) in [5.41, 5.74) is 0.606. The number of hydrogen-bond acceptors (Lipinski definition) is 2. The highest BCUT2D eigenvalue weighted by Gasteiger charge is 2.13. The van der Waals surface area contributed by atoms with Crippen LogP contribution in [0.15, 0.2) is 30.3 Å². The van der Waals surface area contributed by atoms with E-state index in [9.17, 15) is 9.59 Å². The third-order valence-electron chi connectivity index (χ3n) is 2.10. The van der Waals surface area contributed by atoms with Crippen molar-refractivity contribution in [3.05, 3.63) is 35.9 Å². The first kappa shape index (κ1) is 10.7. The van der Waals surface area contributed by atoms with Gasteiger partial charge in [-0.25, -0.2) is 0 Å². The van der Waals surface area contributed by atoms with E-state index in [1.54, 1.807) is 31.2 Å². The maximum Gasteiger partial charge on any atom is 0.242 e. The molecule has 2 atom stereocenters. The van der Waals surface area contributed by atoms with Gasteiger partial charge in [0.1, 0.15) is 6.04 Å². The van der Waals surface area contributed by atoms with Gasteiger partial charge in [-0.3, -0.25) is 9.59 Å². The molecule has 1 rings (SSSR count). The summed E-state index contributed by atoms with van der Waals surface area (Å²) in [7, 11) is 1.50. The van der Waals surface area contributed by atoms with Gasteiger partial charge in [0.25, 0.3) is 0 Å². The number of rotatable bonds is 4. The van der Waals surface area contributed by atoms with Gasteiger partial charge in [0.2, 0.25) is 11.8 Å². The van der Waals surface area contributed by atoms with Crippen molar-refractivity contribution in [3.63, 3.8) is 0 Å². The van der Waals surface area contributed by atoms with Crippen molar-refractivity contribution in [2.45, 2.75) is 19.4 Å². The van der Waals surface area contributed by atoms with Crippen molar-refractivity contribution in [1.29, 1.82) is 0 Å². The lowest BCUT2D eigenvalue weighted by molar-refractivity contribution is -0.128. The molecule has 0 aliphatic carbocycles. The summed E-state index contributed by atoms with van der Waals surface area (Å²) < 4.78 is 7.77. The van der Waals surface area contributed by atoms with Crippen molar-refractivity contribution in [3.8, 4) is 0 Å². The Hall–Kier alpha value is -1.84. The number of carbonyl (C=O) groups is 2. The summed E-state index contributed by atoms with van der Waals surface area (Å²) in [6.45, 7) is 1.58. The SMILES string of the molecule is [2H]C(C(=O)N[C@@H](C)C(=O)NC)c1ccccc1. The van der Waals surface area contributed by atoms with Crippen LogP contribution in [0.1, 0.15) is 13.9 Å². The van der Waals surface area contributed by atoms with Crippen LogP contribution in [0.5, 0.6) is 0 Å². The van der Waals surface area contributed by atoms with Crippen LogP contribution in [0, 0.1) is 0 Å². The van der Waals surface area contributed by atoms with Gasteiger partial charge in [0.05, 0.1) is 6.40 Å². The number of amides is 2. The molecule has 0 fully saturated rings. The average Bonchev–Trinajstić information content (AvgIpc) is 2.37. The van der Waals surface area contributed by atoms with Crippen LogP contribution in [0.2, 0.25) is 0 Å². The molecule has 86 valence electrons. The van der Waals surface area contributed by atoms with Gasteiger partial charge in [0, 0.05) is 8.42 Å². The molecule has 1 unspecified atom stereocenters. The van der Waals surface area contributed by atoms with Crippen LogP contribution in [0.3, 0.4) is 0 Å². The second-order valence-electron chi connectivity index (χ2n) is 3.40. The molecule has 0 aromatic heterocycles. The van der Waals surface area contributed by atoms with Crippen molar-refractivity contribution < 1.29 is 11.0 Å². The Morgan fingerprint density at radius 2 is 2.00 bits per heavy atom. The molecule has 0 spiro atoms. The lowest BCUT2D eigenvalue weighted by atomic mass is 10.1. The number of benzene rings is 1. The van der Waals surface area contributed by atoms with Crippen LogP contribution in [-0.2, 0) is 16.0 Å². The molecule has 16 heavy (non-hydrogen) atoms. The van der Waals surface area contributed by atoms with Crippen LogP contribution in [0.25, 0.3) is 0 Å². The van der Waals surface area contributed by atoms with E-state index in [2.05, 4.69) is 10.6 Å². The third kappa shape index (κ3) is 3.73. The number of hydrogen-bond donors (Lipinski definition) is 2. The smallest absolute Gasteiger partial charge is 0.242 e. The second-order valence-corrected chi connectivity index (χ2v) is 3.40. The second kappa shape index (κ2) is 5.90. The number of carbonyl (C=O) groups excluding carboxylic acids is 2. The fraction of sp³-hybridized carbons (Fsp3) is 0.333. The van der Waals surface area contributed by atoms with E-state index >= 15 is 0 Å². The van der Waals surface area contributed by atoms with E-state index in [0.717, 1.165) is 0 Å². The summed E-state index contributed by atoms with van der Waals surface area (Å²) in [5, 5.41) is 4.92. The first-order valence-electron chi connectivity index (χ1n) is 5.63. The molecule has 0 heterocycles. The van der Waals surface area contributed by atoms with Crippen LogP contribution < -0.4 is 10.6 Å². The van der Waals surface area contributed by atoms with E-state index in [-0.39, 0.29) is 5.91 Å². The highest BCUT2D eigenvalue weighted by molar-refractivity contribution is 5.87. The summed E-state index contributed by atoms with van der Waals surface area (Å²) >= 11 is 0. The Morgan fingerprint density at radius 3 is 2.56 bits per heavy atom. The highest BCUT2D eigenvalue weighted by Crippen LogP contribution is 1.99. The fourth-order valence-corrected chi connectivity index (χ4v) is 1.24. The zero-order valence-corrected chi connectivity index (χ0v) is 9.36. The lowest BCUT2D eigenvalue weighted by Crippen LogP contribution is -2.44. The summed E-state index contributed by atoms with van der Waals surface area (Å²) in [6, 6.07) is 8.15. The van der Waals surface area contributed by atoms with Gasteiger partial charge in [0.15, 0.2) is 0 Å². The molecule has 0 bridgehead atoms. The Morgan fingerprint density at radius 1 is 1.38 bits per heavy atom. The first-order valence-corrected chi connectivity index (χ1v) is 5.05. The van der Waals surface area contributed by atoms with Crippen LogP contribution in [0.4, 0.5) is 0 Å². The van der Waals surface area contributed by atoms with E-state index in [1.165, 1.54) is 7.05 Å². The molecule has 2 N–H and O–H groups in total. The Kier molecular flexibility index (Phi) is 3.94. The normalized spacial score (nSPS) is 14.5. The molecule has 1 aromatic rings. The lowest BCUT2D eigenvalue weighted by Gasteiger charge is -2.12. The zero-order chi connectivity index (χ0) is 12.8. The topological polar surface area (TPSA) is 58.2 Å². The largest absolute Gasteiger partial charge is 0.357 e. The fourth-order valence-electron chi connectivity index (χ4n) is 1.24. The van der Waals surface area contributed by atoms with E-state index in [0.29, 0.717) is 5.56 Å². The molecule has 0 saturated carbocycles. The van der Waals surface area contributed by atoms with Crippen molar-refractivity contribution >= 4 is 11.8 Å². The number of nitrogens with one attached hydrogen (secondary N) is 2. The molecule has 0 saturated heterocycles. The molecule has 0 aliphatic rings. The maximum absolute atomic E-state index is 11.7. The van der Waals surface area contributed by atoms with E-state index < -0.39 is 18.3 Å². The maximum atomic E-state index is 11.7. The van der Waals surface area contributed by atoms with Gasteiger partial charge in [-0.05, 0) is 12.5 Å². The van der Waals surface area contributed by atoms with Crippen molar-refractivity contribution in [2.24, 2.45) is 0 Å². The van der Waals surface area contributed by atoms with E-state index in [1.807, 2.05) is 6.07 Å². The standard InChI is InChI=1S/C12H16N2O2/c1-9(12(16)13-2)14-11(15)8-10-6-4-3-5-7-10/h3-7,9H,8H2,1-2H3,(H,13,16)(H,14,15)/t9-/m0/s1/i8D/t8?,9-.